The third-order valence-electron chi connectivity index (χ3n) is 10.3. The Hall–Kier alpha value is -5.33. The third-order valence-corrected chi connectivity index (χ3v) is 11.5. The standard InChI is InChI=1S/C45H42N4OS/c1-44(2,3)28-20-21-46-41(24-28)49-37-14-10-8-12-33(37)34-17-16-31(26-39(34)49)50-32-23-29(45(4,5)6)22-30(25-32)48-27-47(7)38-19-18-36-35-13-9-11-15-40(35)51-43(36)42(38)48/h8-26H,27H2,1-7H3. The molecule has 3 aromatic heterocycles. The molecule has 0 atom stereocenters. The van der Waals surface area contributed by atoms with Crippen molar-refractivity contribution in [3.05, 3.63) is 127 Å². The van der Waals surface area contributed by atoms with Gasteiger partial charge < -0.3 is 14.5 Å². The van der Waals surface area contributed by atoms with E-state index < -0.39 is 0 Å². The van der Waals surface area contributed by atoms with Crippen LogP contribution in [0.3, 0.4) is 0 Å². The molecule has 4 heterocycles. The summed E-state index contributed by atoms with van der Waals surface area (Å²) in [7, 11) is 2.18. The van der Waals surface area contributed by atoms with Crippen LogP contribution in [0.25, 0.3) is 47.8 Å². The molecule has 0 radical (unpaired) electrons. The van der Waals surface area contributed by atoms with E-state index in [-0.39, 0.29) is 10.8 Å². The van der Waals surface area contributed by atoms with Crippen molar-refractivity contribution in [2.24, 2.45) is 0 Å². The Morgan fingerprint density at radius 3 is 2.18 bits per heavy atom. The van der Waals surface area contributed by atoms with E-state index >= 15 is 0 Å². The van der Waals surface area contributed by atoms with Crippen LogP contribution >= 0.6 is 11.3 Å². The van der Waals surface area contributed by atoms with Gasteiger partial charge in [-0.15, -0.1) is 11.3 Å². The van der Waals surface area contributed by atoms with Gasteiger partial charge in [0.25, 0.3) is 0 Å². The van der Waals surface area contributed by atoms with Crippen molar-refractivity contribution in [1.29, 1.82) is 0 Å². The first-order valence-corrected chi connectivity index (χ1v) is 18.5. The maximum absolute atomic E-state index is 6.87. The van der Waals surface area contributed by atoms with Crippen molar-refractivity contribution >= 4 is 70.4 Å². The summed E-state index contributed by atoms with van der Waals surface area (Å²) < 4.78 is 11.8. The number of pyridine rings is 1. The minimum Gasteiger partial charge on any atom is -0.457 e. The van der Waals surface area contributed by atoms with E-state index in [1.807, 2.05) is 17.5 Å². The van der Waals surface area contributed by atoms with E-state index in [2.05, 4.69) is 172 Å². The first kappa shape index (κ1) is 31.6. The molecule has 5 aromatic carbocycles. The van der Waals surface area contributed by atoms with Crippen molar-refractivity contribution in [3.63, 3.8) is 0 Å². The van der Waals surface area contributed by atoms with Gasteiger partial charge in [0.2, 0.25) is 0 Å². The Morgan fingerprint density at radius 1 is 0.647 bits per heavy atom. The number of fused-ring (bicyclic) bond motifs is 8. The summed E-state index contributed by atoms with van der Waals surface area (Å²) in [5.41, 5.74) is 8.26. The quantitative estimate of drug-likeness (QED) is 0.185. The van der Waals surface area contributed by atoms with Gasteiger partial charge in [-0.3, -0.25) is 4.57 Å². The average molecular weight is 687 g/mol. The second-order valence-electron chi connectivity index (χ2n) is 15.9. The molecule has 8 aromatic rings. The summed E-state index contributed by atoms with van der Waals surface area (Å²) in [4.78, 5) is 9.69. The molecule has 5 nitrogen and oxygen atoms in total. The largest absolute Gasteiger partial charge is 0.457 e. The molecule has 0 fully saturated rings. The van der Waals surface area contributed by atoms with Crippen molar-refractivity contribution in [2.45, 2.75) is 52.4 Å². The summed E-state index contributed by atoms with van der Waals surface area (Å²) in [6, 6.07) is 39.4. The van der Waals surface area contributed by atoms with E-state index in [1.54, 1.807) is 0 Å². The van der Waals surface area contributed by atoms with Gasteiger partial charge in [0.1, 0.15) is 17.3 Å². The molecule has 51 heavy (non-hydrogen) atoms. The van der Waals surface area contributed by atoms with Gasteiger partial charge in [0.05, 0.1) is 33.8 Å². The van der Waals surface area contributed by atoms with E-state index in [1.165, 1.54) is 53.4 Å². The van der Waals surface area contributed by atoms with Gasteiger partial charge in [0.15, 0.2) is 0 Å². The van der Waals surface area contributed by atoms with Gasteiger partial charge in [-0.1, -0.05) is 84.0 Å². The first-order valence-electron chi connectivity index (χ1n) is 17.7. The SMILES string of the molecule is CN1CN(c2cc(Oc3ccc4c5ccccc5n(-c5cc(C(C)(C)C)ccn5)c4c3)cc(C(C)(C)C)c2)c2c1ccc1c2sc2ccccc21. The topological polar surface area (TPSA) is 33.5 Å². The Balaban J connectivity index is 1.18. The number of thiophene rings is 1. The molecule has 6 heteroatoms. The van der Waals surface area contributed by atoms with Gasteiger partial charge >= 0.3 is 0 Å². The molecule has 0 amide bonds. The molecule has 0 spiro atoms. The molecule has 254 valence electrons. The lowest BCUT2D eigenvalue weighted by atomic mass is 9.86. The van der Waals surface area contributed by atoms with Gasteiger partial charge in [-0.2, -0.15) is 0 Å². The number of benzene rings is 5. The molecule has 1 aliphatic heterocycles. The summed E-state index contributed by atoms with van der Waals surface area (Å²) >= 11 is 1.88. The molecular weight excluding hydrogens is 645 g/mol. The second kappa shape index (κ2) is 11.3. The Kier molecular flexibility index (Phi) is 7.04. The summed E-state index contributed by atoms with van der Waals surface area (Å²) in [6.07, 6.45) is 1.93. The highest BCUT2D eigenvalue weighted by Gasteiger charge is 2.30. The summed E-state index contributed by atoms with van der Waals surface area (Å²) in [6.45, 7) is 14.3. The molecule has 0 aliphatic carbocycles. The maximum atomic E-state index is 6.87. The Labute approximate surface area is 303 Å². The van der Waals surface area contributed by atoms with Crippen LogP contribution < -0.4 is 14.5 Å². The summed E-state index contributed by atoms with van der Waals surface area (Å²) in [5, 5.41) is 5.00. The zero-order chi connectivity index (χ0) is 35.2. The zero-order valence-corrected chi connectivity index (χ0v) is 31.1. The fraction of sp³-hybridized carbons (Fsp3) is 0.222. The monoisotopic (exact) mass is 686 g/mol. The molecular formula is C45H42N4OS. The number of hydrogen-bond acceptors (Lipinski definition) is 5. The second-order valence-corrected chi connectivity index (χ2v) is 17.0. The van der Waals surface area contributed by atoms with Gasteiger partial charge in [0, 0.05) is 57.3 Å². The molecule has 0 N–H and O–H groups in total. The molecule has 0 unspecified atom stereocenters. The Bertz CT molecular complexity index is 2650. The lowest BCUT2D eigenvalue weighted by molar-refractivity contribution is 0.479. The lowest BCUT2D eigenvalue weighted by Crippen LogP contribution is -2.24. The number of nitrogens with zero attached hydrogens (tertiary/aromatic N) is 4. The van der Waals surface area contributed by atoms with Crippen molar-refractivity contribution < 1.29 is 4.74 Å². The molecule has 0 saturated carbocycles. The lowest BCUT2D eigenvalue weighted by Gasteiger charge is -2.26. The number of rotatable bonds is 4. The average Bonchev–Trinajstić information content (AvgIpc) is 3.76. The zero-order valence-electron chi connectivity index (χ0n) is 30.3. The molecule has 1 aliphatic rings. The molecule has 9 rings (SSSR count). The highest BCUT2D eigenvalue weighted by atomic mass is 32.1. The number of aromatic nitrogens is 2. The van der Waals surface area contributed by atoms with Gasteiger partial charge in [-0.25, -0.2) is 4.98 Å². The van der Waals surface area contributed by atoms with Crippen LogP contribution in [0.15, 0.2) is 115 Å². The fourth-order valence-corrected chi connectivity index (χ4v) is 8.79. The fourth-order valence-electron chi connectivity index (χ4n) is 7.54. The minimum absolute atomic E-state index is 0.00785. The van der Waals surface area contributed by atoms with E-state index in [0.717, 1.165) is 40.7 Å². The van der Waals surface area contributed by atoms with Crippen molar-refractivity contribution in [3.8, 4) is 17.3 Å². The van der Waals surface area contributed by atoms with E-state index in [0.29, 0.717) is 0 Å². The van der Waals surface area contributed by atoms with E-state index in [9.17, 15) is 0 Å². The normalized spacial score (nSPS) is 13.6. The maximum Gasteiger partial charge on any atom is 0.137 e. The van der Waals surface area contributed by atoms with E-state index in [4.69, 9.17) is 9.72 Å². The Morgan fingerprint density at radius 2 is 1.37 bits per heavy atom. The van der Waals surface area contributed by atoms with Crippen LogP contribution in [0.1, 0.15) is 52.7 Å². The molecule has 0 bridgehead atoms. The smallest absolute Gasteiger partial charge is 0.137 e. The summed E-state index contributed by atoms with van der Waals surface area (Å²) in [5.74, 6) is 2.53. The predicted molar refractivity (Wildman–Crippen MR) is 217 cm³/mol. The van der Waals surface area contributed by atoms with Crippen molar-refractivity contribution in [1.82, 2.24) is 9.55 Å². The van der Waals surface area contributed by atoms with Crippen LogP contribution in [-0.2, 0) is 10.8 Å². The molecule has 0 saturated heterocycles. The number of anilines is 3. The van der Waals surface area contributed by atoms with Crippen LogP contribution in [0.5, 0.6) is 11.5 Å². The van der Waals surface area contributed by atoms with Crippen molar-refractivity contribution in [2.75, 3.05) is 23.5 Å². The van der Waals surface area contributed by atoms with Crippen LogP contribution in [0, 0.1) is 0 Å². The van der Waals surface area contributed by atoms with Crippen LogP contribution in [-0.4, -0.2) is 23.3 Å². The van der Waals surface area contributed by atoms with Gasteiger partial charge in [-0.05, 0) is 76.6 Å². The highest BCUT2D eigenvalue weighted by molar-refractivity contribution is 7.26. The predicted octanol–water partition coefficient (Wildman–Crippen LogP) is 12.5. The first-order chi connectivity index (χ1) is 24.4. The van der Waals surface area contributed by atoms with Crippen LogP contribution in [0.2, 0.25) is 0 Å². The number of hydrogen-bond donors (Lipinski definition) is 0. The third kappa shape index (κ3) is 5.23. The minimum atomic E-state index is -0.0771. The number of para-hydroxylation sites is 1. The highest BCUT2D eigenvalue weighted by Crippen LogP contribution is 2.50. The van der Waals surface area contributed by atoms with Crippen LogP contribution in [0.4, 0.5) is 17.1 Å². The number of ether oxygens (including phenoxy) is 1.